The Morgan fingerprint density at radius 3 is 2.42 bits per heavy atom. The Morgan fingerprint density at radius 1 is 1.24 bits per heavy atom. The predicted octanol–water partition coefficient (Wildman–Crippen LogP) is 3.05. The Labute approximate surface area is 203 Å². The Kier molecular flexibility index (Phi) is 7.97. The van der Waals surface area contributed by atoms with Crippen molar-refractivity contribution >= 4 is 52.1 Å². The van der Waals surface area contributed by atoms with Crippen LogP contribution in [0.2, 0.25) is 0 Å². The molecule has 2 aliphatic heterocycles. The lowest BCUT2D eigenvalue weighted by Crippen LogP contribution is -2.41. The minimum Gasteiger partial charge on any atom is -0.466 e. The summed E-state index contributed by atoms with van der Waals surface area (Å²) in [6.07, 6.45) is 2.96. The van der Waals surface area contributed by atoms with Crippen molar-refractivity contribution in [1.29, 1.82) is 5.26 Å². The first-order valence-electron chi connectivity index (χ1n) is 11.1. The van der Waals surface area contributed by atoms with Crippen molar-refractivity contribution < 1.29 is 14.3 Å². The van der Waals surface area contributed by atoms with Gasteiger partial charge in [0.25, 0.3) is 11.5 Å². The van der Waals surface area contributed by atoms with E-state index in [1.807, 2.05) is 19.9 Å². The van der Waals surface area contributed by atoms with Gasteiger partial charge < -0.3 is 9.64 Å². The fourth-order valence-corrected chi connectivity index (χ4v) is 5.64. The van der Waals surface area contributed by atoms with Crippen LogP contribution in [0.15, 0.2) is 9.70 Å². The summed E-state index contributed by atoms with van der Waals surface area (Å²) < 4.78 is 7.25. The molecule has 3 rings (SSSR count). The molecule has 176 valence electrons. The van der Waals surface area contributed by atoms with Gasteiger partial charge in [-0.3, -0.25) is 23.9 Å². The zero-order valence-corrected chi connectivity index (χ0v) is 21.0. The molecule has 0 atom stereocenters. The number of amides is 1. The van der Waals surface area contributed by atoms with Gasteiger partial charge in [0.2, 0.25) is 0 Å². The molecule has 3 heterocycles. The minimum absolute atomic E-state index is 0.0687. The van der Waals surface area contributed by atoms with Crippen LogP contribution in [-0.4, -0.2) is 51.9 Å². The number of carbonyl (C=O) groups excluding carboxylic acids is 2. The van der Waals surface area contributed by atoms with Crippen LogP contribution in [0.25, 0.3) is 6.08 Å². The summed E-state index contributed by atoms with van der Waals surface area (Å²) >= 11 is 6.57. The maximum Gasteiger partial charge on any atom is 0.309 e. The first-order chi connectivity index (χ1) is 15.8. The van der Waals surface area contributed by atoms with E-state index in [0.717, 1.165) is 0 Å². The molecule has 0 saturated carbocycles. The lowest BCUT2D eigenvalue weighted by molar-refractivity contribution is -0.148. The fourth-order valence-electron chi connectivity index (χ4n) is 4.27. The Balaban J connectivity index is 2.10. The zero-order valence-electron chi connectivity index (χ0n) is 19.3. The van der Waals surface area contributed by atoms with Gasteiger partial charge in [-0.2, -0.15) is 5.26 Å². The molecule has 1 aromatic rings. The molecule has 0 aromatic carbocycles. The molecule has 2 saturated heterocycles. The molecule has 2 aliphatic rings. The lowest BCUT2D eigenvalue weighted by atomic mass is 9.95. The average Bonchev–Trinajstić information content (AvgIpc) is 3.08. The summed E-state index contributed by atoms with van der Waals surface area (Å²) in [6.45, 7) is 9.57. The molecule has 0 N–H and O–H groups in total. The van der Waals surface area contributed by atoms with Gasteiger partial charge in [-0.25, -0.2) is 0 Å². The lowest BCUT2D eigenvalue weighted by Gasteiger charge is -2.35. The fraction of sp³-hybridized carbons (Fsp3) is 0.522. The van der Waals surface area contributed by atoms with E-state index in [0.29, 0.717) is 71.8 Å². The number of hydrogen-bond acceptors (Lipinski definition) is 8. The minimum atomic E-state index is -0.349. The molecular formula is C23H28N4O4S2. The number of aromatic nitrogens is 1. The number of nitrogens with zero attached hydrogens (tertiary/aromatic N) is 4. The third-order valence-corrected chi connectivity index (χ3v) is 7.42. The van der Waals surface area contributed by atoms with Crippen LogP contribution in [0.3, 0.4) is 0 Å². The number of hydrogen-bond donors (Lipinski definition) is 0. The van der Waals surface area contributed by atoms with E-state index in [-0.39, 0.29) is 28.9 Å². The second-order valence-electron chi connectivity index (χ2n) is 7.84. The quantitative estimate of drug-likeness (QED) is 0.343. The van der Waals surface area contributed by atoms with Gasteiger partial charge in [-0.15, -0.1) is 0 Å². The molecular weight excluding hydrogens is 460 g/mol. The standard InChI is InChI=1S/C23H28N4O4S2/c1-5-26-19(25-10-8-15(9-11-25)22(30)31-7-3)16(14(4)17(13-24)20(26)28)12-18-21(29)27(6-2)23(32)33-18/h12,15H,5-11H2,1-4H3/b18-12-. The number of rotatable bonds is 6. The van der Waals surface area contributed by atoms with Gasteiger partial charge in [0.1, 0.15) is 21.8 Å². The van der Waals surface area contributed by atoms with Gasteiger partial charge in [0.05, 0.1) is 17.4 Å². The van der Waals surface area contributed by atoms with Crippen LogP contribution in [0.1, 0.15) is 50.3 Å². The van der Waals surface area contributed by atoms with E-state index < -0.39 is 0 Å². The van der Waals surface area contributed by atoms with E-state index in [1.54, 1.807) is 24.5 Å². The summed E-state index contributed by atoms with van der Waals surface area (Å²) in [5, 5.41) is 9.68. The molecule has 0 spiro atoms. The SMILES string of the molecule is CCOC(=O)C1CCN(c2c(/C=C3\SC(=S)N(CC)C3=O)c(C)c(C#N)c(=O)n2CC)CC1. The van der Waals surface area contributed by atoms with Crippen molar-refractivity contribution in [2.75, 3.05) is 31.1 Å². The van der Waals surface area contributed by atoms with Crippen molar-refractivity contribution in [1.82, 2.24) is 9.47 Å². The molecule has 2 fully saturated rings. The number of anilines is 1. The zero-order chi connectivity index (χ0) is 24.3. The summed E-state index contributed by atoms with van der Waals surface area (Å²) in [6, 6.07) is 2.04. The number of thioether (sulfide) groups is 1. The molecule has 0 aliphatic carbocycles. The van der Waals surface area contributed by atoms with Crippen molar-refractivity contribution in [2.45, 2.75) is 47.1 Å². The third-order valence-electron chi connectivity index (χ3n) is 6.04. The second-order valence-corrected chi connectivity index (χ2v) is 9.51. The highest BCUT2D eigenvalue weighted by molar-refractivity contribution is 8.26. The van der Waals surface area contributed by atoms with Gasteiger partial charge in [-0.05, 0) is 52.2 Å². The number of nitriles is 1. The number of ether oxygens (including phenoxy) is 1. The van der Waals surface area contributed by atoms with Crippen LogP contribution >= 0.6 is 24.0 Å². The highest BCUT2D eigenvalue weighted by Crippen LogP contribution is 2.36. The van der Waals surface area contributed by atoms with Crippen molar-refractivity contribution in [2.24, 2.45) is 5.92 Å². The number of likely N-dealkylation sites (N-methyl/N-ethyl adjacent to an activating group) is 1. The largest absolute Gasteiger partial charge is 0.466 e. The monoisotopic (exact) mass is 488 g/mol. The molecule has 1 amide bonds. The number of esters is 1. The van der Waals surface area contributed by atoms with Crippen LogP contribution in [0, 0.1) is 24.2 Å². The molecule has 0 unspecified atom stereocenters. The Morgan fingerprint density at radius 2 is 1.91 bits per heavy atom. The smallest absolute Gasteiger partial charge is 0.309 e. The van der Waals surface area contributed by atoms with E-state index >= 15 is 0 Å². The molecule has 0 bridgehead atoms. The molecule has 8 nitrogen and oxygen atoms in total. The summed E-state index contributed by atoms with van der Waals surface area (Å²) in [7, 11) is 0. The van der Waals surface area contributed by atoms with Gasteiger partial charge >= 0.3 is 5.97 Å². The van der Waals surface area contributed by atoms with E-state index in [9.17, 15) is 19.6 Å². The van der Waals surface area contributed by atoms with Crippen LogP contribution in [0.5, 0.6) is 0 Å². The normalized spacial score (nSPS) is 18.2. The Hall–Kier alpha value is -2.64. The van der Waals surface area contributed by atoms with Crippen LogP contribution < -0.4 is 10.5 Å². The van der Waals surface area contributed by atoms with Crippen molar-refractivity contribution in [3.63, 3.8) is 0 Å². The van der Waals surface area contributed by atoms with Crippen LogP contribution in [0.4, 0.5) is 5.82 Å². The highest BCUT2D eigenvalue weighted by Gasteiger charge is 2.33. The number of piperidine rings is 1. The maximum atomic E-state index is 13.1. The topological polar surface area (TPSA) is 95.6 Å². The van der Waals surface area contributed by atoms with Crippen LogP contribution in [-0.2, 0) is 20.9 Å². The first-order valence-corrected chi connectivity index (χ1v) is 12.4. The number of thiocarbonyl (C=S) groups is 1. The number of carbonyl (C=O) groups is 2. The summed E-state index contributed by atoms with van der Waals surface area (Å²) in [5.41, 5.74) is 0.924. The van der Waals surface area contributed by atoms with Crippen molar-refractivity contribution in [3.05, 3.63) is 31.9 Å². The summed E-state index contributed by atoms with van der Waals surface area (Å²) in [4.78, 5) is 42.2. The number of pyridine rings is 1. The molecule has 1 aromatic heterocycles. The summed E-state index contributed by atoms with van der Waals surface area (Å²) in [5.74, 6) is 0.130. The third kappa shape index (κ3) is 4.70. The van der Waals surface area contributed by atoms with Gasteiger partial charge in [0.15, 0.2) is 0 Å². The van der Waals surface area contributed by atoms with E-state index in [1.165, 1.54) is 16.7 Å². The first kappa shape index (κ1) is 25.0. The maximum absolute atomic E-state index is 13.1. The highest BCUT2D eigenvalue weighted by atomic mass is 32.2. The Bertz CT molecular complexity index is 1110. The molecule has 0 radical (unpaired) electrons. The van der Waals surface area contributed by atoms with Crippen molar-refractivity contribution in [3.8, 4) is 6.07 Å². The van der Waals surface area contributed by atoms with Gasteiger partial charge in [0, 0.05) is 31.7 Å². The molecule has 10 heteroatoms. The average molecular weight is 489 g/mol. The van der Waals surface area contributed by atoms with E-state index in [4.69, 9.17) is 17.0 Å². The predicted molar refractivity (Wildman–Crippen MR) is 133 cm³/mol. The van der Waals surface area contributed by atoms with E-state index in [2.05, 4.69) is 4.90 Å². The van der Waals surface area contributed by atoms with Gasteiger partial charge in [-0.1, -0.05) is 24.0 Å². The molecule has 33 heavy (non-hydrogen) atoms. The second kappa shape index (κ2) is 10.5.